The molecule has 3 rings (SSSR count). The van der Waals surface area contributed by atoms with Gasteiger partial charge in [0, 0.05) is 5.92 Å². The fourth-order valence-corrected chi connectivity index (χ4v) is 4.43. The smallest absolute Gasteiger partial charge is 0.352 e. The van der Waals surface area contributed by atoms with E-state index >= 15 is 0 Å². The predicted octanol–water partition coefficient (Wildman–Crippen LogP) is 6.64. The summed E-state index contributed by atoms with van der Waals surface area (Å²) in [5.41, 5.74) is 0.783. The molecule has 0 aromatic heterocycles. The average Bonchev–Trinajstić information content (AvgIpc) is 2.75. The van der Waals surface area contributed by atoms with Gasteiger partial charge >= 0.3 is 5.97 Å². The molecule has 5 nitrogen and oxygen atoms in total. The number of halogens is 1. The Balaban J connectivity index is 1.64. The van der Waals surface area contributed by atoms with Crippen LogP contribution in [-0.4, -0.2) is 17.0 Å². The molecule has 2 N–H and O–H groups in total. The number of carbonyl (C=O) groups is 2. The summed E-state index contributed by atoms with van der Waals surface area (Å²) in [5.74, 6) is 0.408. The van der Waals surface area contributed by atoms with E-state index in [1.54, 1.807) is 24.3 Å². The van der Waals surface area contributed by atoms with Crippen LogP contribution in [0.4, 0.5) is 0 Å². The van der Waals surface area contributed by atoms with E-state index in [1.807, 2.05) is 24.3 Å². The number of amides is 1. The zero-order valence-electron chi connectivity index (χ0n) is 18.7. The lowest BCUT2D eigenvalue weighted by Gasteiger charge is -2.36. The van der Waals surface area contributed by atoms with Crippen LogP contribution in [0.1, 0.15) is 52.0 Å². The first-order chi connectivity index (χ1) is 15.1. The number of aliphatic carboxylic acids is 1. The SMILES string of the molecule is CC(C)(C)C1CCC(C(=O)N/C(=C\c2ccc(Oc3ccccc3Br)cc2)C(=O)O)CC1. The van der Waals surface area contributed by atoms with E-state index in [0.717, 1.165) is 30.2 Å². The second-order valence-electron chi connectivity index (χ2n) is 9.37. The van der Waals surface area contributed by atoms with Gasteiger partial charge in [0.25, 0.3) is 0 Å². The Labute approximate surface area is 198 Å². The molecule has 0 aliphatic heterocycles. The Hall–Kier alpha value is -2.60. The van der Waals surface area contributed by atoms with Gasteiger partial charge in [0.2, 0.25) is 5.91 Å². The van der Waals surface area contributed by atoms with E-state index in [4.69, 9.17) is 4.74 Å². The highest BCUT2D eigenvalue weighted by Gasteiger charge is 2.32. The lowest BCUT2D eigenvalue weighted by atomic mass is 9.69. The molecule has 1 aliphatic carbocycles. The summed E-state index contributed by atoms with van der Waals surface area (Å²) in [4.78, 5) is 24.4. The van der Waals surface area contributed by atoms with Gasteiger partial charge in [0.05, 0.1) is 4.47 Å². The van der Waals surface area contributed by atoms with Crippen molar-refractivity contribution in [1.82, 2.24) is 5.32 Å². The maximum Gasteiger partial charge on any atom is 0.352 e. The summed E-state index contributed by atoms with van der Waals surface area (Å²) in [7, 11) is 0. The molecule has 2 aromatic carbocycles. The first-order valence-electron chi connectivity index (χ1n) is 10.9. The van der Waals surface area contributed by atoms with Gasteiger partial charge < -0.3 is 15.2 Å². The molecule has 32 heavy (non-hydrogen) atoms. The number of hydrogen-bond donors (Lipinski definition) is 2. The van der Waals surface area contributed by atoms with E-state index in [1.165, 1.54) is 6.08 Å². The molecule has 0 spiro atoms. The molecule has 1 fully saturated rings. The summed E-state index contributed by atoms with van der Waals surface area (Å²) in [5, 5.41) is 12.2. The third-order valence-electron chi connectivity index (χ3n) is 6.07. The molecule has 1 saturated carbocycles. The van der Waals surface area contributed by atoms with Crippen LogP contribution in [0.5, 0.6) is 11.5 Å². The third kappa shape index (κ3) is 6.45. The molecule has 1 amide bonds. The number of benzene rings is 2. The first kappa shape index (κ1) is 24.1. The predicted molar refractivity (Wildman–Crippen MR) is 129 cm³/mol. The number of carbonyl (C=O) groups excluding carboxylic acids is 1. The minimum absolute atomic E-state index is 0.118. The van der Waals surface area contributed by atoms with Crippen LogP contribution in [-0.2, 0) is 9.59 Å². The van der Waals surface area contributed by atoms with Crippen molar-refractivity contribution in [2.45, 2.75) is 46.5 Å². The van der Waals surface area contributed by atoms with Gasteiger partial charge in [-0.05, 0) is 88.9 Å². The van der Waals surface area contributed by atoms with Gasteiger partial charge in [-0.15, -0.1) is 0 Å². The third-order valence-corrected chi connectivity index (χ3v) is 6.72. The quantitative estimate of drug-likeness (QED) is 0.437. The Bertz CT molecular complexity index is 984. The number of rotatable bonds is 6. The van der Waals surface area contributed by atoms with E-state index in [-0.39, 0.29) is 22.9 Å². The normalized spacial score (nSPS) is 19.3. The molecule has 1 aliphatic rings. The van der Waals surface area contributed by atoms with Crippen LogP contribution in [0.3, 0.4) is 0 Å². The number of carboxylic acid groups (broad SMARTS) is 1. The highest BCUT2D eigenvalue weighted by Crippen LogP contribution is 2.39. The van der Waals surface area contributed by atoms with E-state index < -0.39 is 5.97 Å². The highest BCUT2D eigenvalue weighted by molar-refractivity contribution is 9.10. The van der Waals surface area contributed by atoms with Crippen LogP contribution in [0, 0.1) is 17.3 Å². The standard InChI is InChI=1S/C26H30BrNO4/c1-26(2,3)19-12-10-18(11-13-19)24(29)28-22(25(30)31)16-17-8-14-20(15-9-17)32-23-7-5-4-6-21(23)27/h4-9,14-16,18-19H,10-13H2,1-3H3,(H,28,29)(H,30,31)/b22-16-. The molecule has 0 unspecified atom stereocenters. The molecule has 0 heterocycles. The molecule has 0 saturated heterocycles. The van der Waals surface area contributed by atoms with Crippen LogP contribution >= 0.6 is 15.9 Å². The van der Waals surface area contributed by atoms with Crippen LogP contribution in [0.2, 0.25) is 0 Å². The lowest BCUT2D eigenvalue weighted by Crippen LogP contribution is -2.36. The maximum absolute atomic E-state index is 12.7. The summed E-state index contributed by atoms with van der Waals surface area (Å²) >= 11 is 3.45. The number of hydrogen-bond acceptors (Lipinski definition) is 3. The van der Waals surface area contributed by atoms with E-state index in [0.29, 0.717) is 23.0 Å². The minimum atomic E-state index is -1.16. The monoisotopic (exact) mass is 499 g/mol. The lowest BCUT2D eigenvalue weighted by molar-refractivity contribution is -0.135. The second kappa shape index (κ2) is 10.3. The Morgan fingerprint density at radius 3 is 2.22 bits per heavy atom. The number of ether oxygens (including phenoxy) is 1. The van der Waals surface area contributed by atoms with Crippen LogP contribution in [0.25, 0.3) is 6.08 Å². The zero-order chi connectivity index (χ0) is 23.3. The molecular formula is C26H30BrNO4. The summed E-state index contributed by atoms with van der Waals surface area (Å²) in [6.07, 6.45) is 5.05. The molecule has 0 bridgehead atoms. The summed E-state index contributed by atoms with van der Waals surface area (Å²) in [6.45, 7) is 6.70. The van der Waals surface area contributed by atoms with Gasteiger partial charge in [-0.1, -0.05) is 45.0 Å². The topological polar surface area (TPSA) is 75.6 Å². The molecule has 0 atom stereocenters. The zero-order valence-corrected chi connectivity index (χ0v) is 20.3. The number of carboxylic acids is 1. The fraction of sp³-hybridized carbons (Fsp3) is 0.385. The Morgan fingerprint density at radius 1 is 1.03 bits per heavy atom. The van der Waals surface area contributed by atoms with Gasteiger partial charge in [-0.25, -0.2) is 4.79 Å². The van der Waals surface area contributed by atoms with Crippen molar-refractivity contribution in [3.05, 3.63) is 64.3 Å². The molecule has 0 radical (unpaired) electrons. The van der Waals surface area contributed by atoms with Crippen LogP contribution < -0.4 is 10.1 Å². The van der Waals surface area contributed by atoms with Crippen molar-refractivity contribution in [3.8, 4) is 11.5 Å². The minimum Gasteiger partial charge on any atom is -0.477 e. The molecule has 2 aromatic rings. The molecule has 6 heteroatoms. The van der Waals surface area contributed by atoms with Gasteiger partial charge in [-0.2, -0.15) is 0 Å². The Morgan fingerprint density at radius 2 is 1.66 bits per heavy atom. The second-order valence-corrected chi connectivity index (χ2v) is 10.2. The van der Waals surface area contributed by atoms with Crippen molar-refractivity contribution in [1.29, 1.82) is 0 Å². The number of para-hydroxylation sites is 1. The van der Waals surface area contributed by atoms with Crippen LogP contribution in [0.15, 0.2) is 58.7 Å². The molecular weight excluding hydrogens is 470 g/mol. The van der Waals surface area contributed by atoms with Crippen molar-refractivity contribution in [2.75, 3.05) is 0 Å². The van der Waals surface area contributed by atoms with E-state index in [2.05, 4.69) is 42.0 Å². The summed E-state index contributed by atoms with van der Waals surface area (Å²) < 4.78 is 6.68. The van der Waals surface area contributed by atoms with Crippen molar-refractivity contribution < 1.29 is 19.4 Å². The van der Waals surface area contributed by atoms with Crippen molar-refractivity contribution in [2.24, 2.45) is 17.3 Å². The fourth-order valence-electron chi connectivity index (χ4n) is 4.06. The molecule has 170 valence electrons. The van der Waals surface area contributed by atoms with Crippen molar-refractivity contribution >= 4 is 33.9 Å². The maximum atomic E-state index is 12.7. The van der Waals surface area contributed by atoms with E-state index in [9.17, 15) is 14.7 Å². The van der Waals surface area contributed by atoms with Gasteiger partial charge in [0.1, 0.15) is 17.2 Å². The highest BCUT2D eigenvalue weighted by atomic mass is 79.9. The average molecular weight is 500 g/mol. The Kier molecular flexibility index (Phi) is 7.77. The first-order valence-corrected chi connectivity index (χ1v) is 11.7. The van der Waals surface area contributed by atoms with Gasteiger partial charge in [-0.3, -0.25) is 4.79 Å². The largest absolute Gasteiger partial charge is 0.477 e. The number of nitrogens with one attached hydrogen (secondary N) is 1. The van der Waals surface area contributed by atoms with Gasteiger partial charge in [0.15, 0.2) is 0 Å². The van der Waals surface area contributed by atoms with Crippen molar-refractivity contribution in [3.63, 3.8) is 0 Å². The summed E-state index contributed by atoms with van der Waals surface area (Å²) in [6, 6.07) is 14.6.